The Morgan fingerprint density at radius 2 is 1.77 bits per heavy atom. The Balaban J connectivity index is 1.60. The van der Waals surface area contributed by atoms with E-state index in [2.05, 4.69) is 25.5 Å². The minimum Gasteiger partial charge on any atom is -0.268 e. The molecule has 0 spiro atoms. The van der Waals surface area contributed by atoms with Crippen LogP contribution in [0.2, 0.25) is 0 Å². The third-order valence-corrected chi connectivity index (χ3v) is 5.82. The van der Waals surface area contributed by atoms with Crippen LogP contribution in [0, 0.1) is 0 Å². The molecular weight excluding hydrogens is 479 g/mol. The molecule has 5 aromatic rings. The number of alkyl halides is 3. The number of benzene rings is 2. The first-order chi connectivity index (χ1) is 16.9. The Labute approximate surface area is 199 Å². The van der Waals surface area contributed by atoms with Crippen molar-refractivity contribution in [1.29, 1.82) is 0 Å². The van der Waals surface area contributed by atoms with Crippen LogP contribution in [-0.4, -0.2) is 35.8 Å². The Kier molecular flexibility index (Phi) is 5.87. The molecule has 3 heterocycles. The summed E-state index contributed by atoms with van der Waals surface area (Å²) in [7, 11) is 0. The van der Waals surface area contributed by atoms with Crippen molar-refractivity contribution in [3.05, 3.63) is 100 Å². The summed E-state index contributed by atoms with van der Waals surface area (Å²) in [6, 6.07) is 18.8. The van der Waals surface area contributed by atoms with Crippen molar-refractivity contribution in [2.75, 3.05) is 0 Å². The Hall–Kier alpha value is -4.32. The molecule has 0 bridgehead atoms. The number of hydrogen-bond acceptors (Lipinski definition) is 7. The first-order valence-corrected chi connectivity index (χ1v) is 11.0. The molecule has 0 saturated heterocycles. The number of halogens is 3. The van der Waals surface area contributed by atoms with Crippen molar-refractivity contribution in [3.8, 4) is 5.69 Å². The number of fused-ring (bicyclic) bond motifs is 1. The predicted octanol–water partition coefficient (Wildman–Crippen LogP) is 4.59. The molecule has 0 radical (unpaired) electrons. The highest BCUT2D eigenvalue weighted by Crippen LogP contribution is 2.32. The molecule has 3 aromatic heterocycles. The van der Waals surface area contributed by atoms with Gasteiger partial charge in [-0.25, -0.2) is 4.98 Å². The normalized spacial score (nSPS) is 12.0. The van der Waals surface area contributed by atoms with Gasteiger partial charge < -0.3 is 0 Å². The summed E-state index contributed by atoms with van der Waals surface area (Å²) in [5.74, 6) is 0. The summed E-state index contributed by atoms with van der Waals surface area (Å²) in [5.41, 5.74) is -0.0578. The zero-order chi connectivity index (χ0) is 24.4. The van der Waals surface area contributed by atoms with Crippen LogP contribution < -0.4 is 5.56 Å². The molecular formula is C23H14F3N7OS. The van der Waals surface area contributed by atoms with Crippen molar-refractivity contribution < 1.29 is 13.2 Å². The van der Waals surface area contributed by atoms with E-state index >= 15 is 0 Å². The molecule has 0 amide bonds. The fraction of sp³-hybridized carbons (Fsp3) is 0.0435. The third-order valence-electron chi connectivity index (χ3n) is 4.88. The number of aliphatic imine (C=N–C) groups is 1. The number of hydrogen-bond donors (Lipinski definition) is 0. The number of para-hydroxylation sites is 1. The third kappa shape index (κ3) is 4.68. The van der Waals surface area contributed by atoms with Gasteiger partial charge in [0.25, 0.3) is 5.56 Å². The van der Waals surface area contributed by atoms with Gasteiger partial charge in [-0.3, -0.25) is 14.2 Å². The maximum atomic E-state index is 13.3. The lowest BCUT2D eigenvalue weighted by atomic mass is 10.2. The van der Waals surface area contributed by atoms with E-state index in [4.69, 9.17) is 0 Å². The fourth-order valence-corrected chi connectivity index (χ4v) is 4.10. The summed E-state index contributed by atoms with van der Waals surface area (Å²) in [6.07, 6.45) is -1.75. The number of tetrazole rings is 1. The minimum absolute atomic E-state index is 0.0439. The minimum atomic E-state index is -4.51. The lowest BCUT2D eigenvalue weighted by Crippen LogP contribution is -2.20. The van der Waals surface area contributed by atoms with E-state index in [9.17, 15) is 18.0 Å². The molecule has 0 saturated carbocycles. The fourth-order valence-electron chi connectivity index (χ4n) is 3.23. The lowest BCUT2D eigenvalue weighted by molar-refractivity contribution is -0.137. The van der Waals surface area contributed by atoms with Gasteiger partial charge in [0.15, 0.2) is 0 Å². The molecule has 8 nitrogen and oxygen atoms in total. The monoisotopic (exact) mass is 493 g/mol. The van der Waals surface area contributed by atoms with Crippen LogP contribution in [0.1, 0.15) is 11.1 Å². The molecule has 0 aliphatic carbocycles. The van der Waals surface area contributed by atoms with E-state index in [1.807, 2.05) is 30.3 Å². The number of rotatable bonds is 5. The maximum Gasteiger partial charge on any atom is 0.416 e. The zero-order valence-electron chi connectivity index (χ0n) is 17.7. The Morgan fingerprint density at radius 3 is 2.57 bits per heavy atom. The Morgan fingerprint density at radius 1 is 0.971 bits per heavy atom. The van der Waals surface area contributed by atoms with Crippen LogP contribution >= 0.6 is 11.8 Å². The second kappa shape index (κ2) is 9.14. The highest BCUT2D eigenvalue weighted by atomic mass is 32.2. The molecule has 0 N–H and O–H groups in total. The molecule has 5 rings (SSSR count). The van der Waals surface area contributed by atoms with Crippen LogP contribution in [0.5, 0.6) is 0 Å². The second-order valence-electron chi connectivity index (χ2n) is 7.18. The largest absolute Gasteiger partial charge is 0.416 e. The van der Waals surface area contributed by atoms with Gasteiger partial charge in [-0.05, 0) is 64.7 Å². The molecule has 0 aliphatic heterocycles. The highest BCUT2D eigenvalue weighted by Gasteiger charge is 2.30. The molecule has 12 heteroatoms. The van der Waals surface area contributed by atoms with Crippen LogP contribution in [-0.2, 0) is 6.18 Å². The van der Waals surface area contributed by atoms with Crippen molar-refractivity contribution >= 4 is 29.3 Å². The van der Waals surface area contributed by atoms with Gasteiger partial charge in [0.05, 0.1) is 22.5 Å². The average Bonchev–Trinajstić information content (AvgIpc) is 3.32. The topological polar surface area (TPSA) is 90.3 Å². The van der Waals surface area contributed by atoms with Gasteiger partial charge >= 0.3 is 6.18 Å². The highest BCUT2D eigenvalue weighted by molar-refractivity contribution is 7.99. The van der Waals surface area contributed by atoms with Gasteiger partial charge in [-0.15, -0.1) is 5.10 Å². The van der Waals surface area contributed by atoms with Crippen molar-refractivity contribution in [2.24, 2.45) is 4.99 Å². The zero-order valence-corrected chi connectivity index (χ0v) is 18.5. The van der Waals surface area contributed by atoms with Gasteiger partial charge in [-0.1, -0.05) is 30.3 Å². The van der Waals surface area contributed by atoms with Gasteiger partial charge in [-0.2, -0.15) is 17.9 Å². The summed E-state index contributed by atoms with van der Waals surface area (Å²) in [5, 5.41) is 12.4. The van der Waals surface area contributed by atoms with E-state index in [-0.39, 0.29) is 16.3 Å². The van der Waals surface area contributed by atoms with Gasteiger partial charge in [0.1, 0.15) is 10.7 Å². The van der Waals surface area contributed by atoms with Gasteiger partial charge in [0, 0.05) is 12.4 Å². The number of pyridine rings is 1. The number of nitrogens with zero attached hydrogens (tertiary/aromatic N) is 7. The molecule has 2 aromatic carbocycles. The molecule has 0 aliphatic rings. The van der Waals surface area contributed by atoms with Gasteiger partial charge in [0.2, 0.25) is 5.16 Å². The van der Waals surface area contributed by atoms with Crippen LogP contribution in [0.4, 0.5) is 18.9 Å². The molecule has 0 fully saturated rings. The molecule has 174 valence electrons. The summed E-state index contributed by atoms with van der Waals surface area (Å²) < 4.78 is 42.1. The van der Waals surface area contributed by atoms with E-state index in [1.54, 1.807) is 24.4 Å². The van der Waals surface area contributed by atoms with E-state index in [0.29, 0.717) is 16.5 Å². The standard InChI is InChI=1S/C23H14F3N7OS/c24-23(25,26)15-7-6-8-16(13-15)27-14-18-20(28-19-11-4-5-12-32(19)21(18)34)35-22-29-30-31-33(22)17-9-2-1-3-10-17/h1-14H. The van der Waals surface area contributed by atoms with E-state index in [1.165, 1.54) is 27.4 Å². The summed E-state index contributed by atoms with van der Waals surface area (Å²) >= 11 is 1.05. The Bertz CT molecular complexity index is 1600. The first kappa shape index (κ1) is 22.5. The first-order valence-electron chi connectivity index (χ1n) is 10.1. The molecule has 0 unspecified atom stereocenters. The molecule has 35 heavy (non-hydrogen) atoms. The van der Waals surface area contributed by atoms with Crippen LogP contribution in [0.15, 0.2) is 99.0 Å². The lowest BCUT2D eigenvalue weighted by Gasteiger charge is -2.08. The van der Waals surface area contributed by atoms with Crippen molar-refractivity contribution in [2.45, 2.75) is 16.4 Å². The number of aromatic nitrogens is 6. The summed E-state index contributed by atoms with van der Waals surface area (Å²) in [6.45, 7) is 0. The smallest absolute Gasteiger partial charge is 0.268 e. The summed E-state index contributed by atoms with van der Waals surface area (Å²) in [4.78, 5) is 22.0. The van der Waals surface area contributed by atoms with E-state index < -0.39 is 17.3 Å². The van der Waals surface area contributed by atoms with Crippen molar-refractivity contribution in [1.82, 2.24) is 29.6 Å². The predicted molar refractivity (Wildman–Crippen MR) is 123 cm³/mol. The maximum absolute atomic E-state index is 13.3. The van der Waals surface area contributed by atoms with Crippen LogP contribution in [0.25, 0.3) is 11.3 Å². The van der Waals surface area contributed by atoms with Crippen molar-refractivity contribution in [3.63, 3.8) is 0 Å². The van der Waals surface area contributed by atoms with E-state index in [0.717, 1.165) is 23.9 Å². The molecule has 0 atom stereocenters. The average molecular weight is 493 g/mol. The van der Waals surface area contributed by atoms with Crippen LogP contribution in [0.3, 0.4) is 0 Å². The second-order valence-corrected chi connectivity index (χ2v) is 8.14. The SMILES string of the molecule is O=c1c(C=Nc2cccc(C(F)(F)F)c2)c(Sc2nnnn2-c2ccccc2)nc2ccccn12. The quantitative estimate of drug-likeness (QED) is 0.263.